The predicted octanol–water partition coefficient (Wildman–Crippen LogP) is 0.975. The lowest BCUT2D eigenvalue weighted by atomic mass is 10.0. The molecule has 104 valence electrons. The van der Waals surface area contributed by atoms with Crippen LogP contribution in [0.25, 0.3) is 0 Å². The monoisotopic (exact) mass is 253 g/mol. The topological polar surface area (TPSA) is 44.4 Å². The highest BCUT2D eigenvalue weighted by Gasteiger charge is 2.26. The van der Waals surface area contributed by atoms with Crippen molar-refractivity contribution in [3.05, 3.63) is 0 Å². The minimum Gasteiger partial charge on any atom is -0.358 e. The third-order valence-corrected chi connectivity index (χ3v) is 4.40. The summed E-state index contributed by atoms with van der Waals surface area (Å²) in [6, 6.07) is 1.41. The minimum atomic E-state index is 0.131. The molecule has 0 aromatic carbocycles. The molecule has 1 saturated heterocycles. The van der Waals surface area contributed by atoms with Crippen LogP contribution in [-0.2, 0) is 4.79 Å². The van der Waals surface area contributed by atoms with Crippen LogP contribution < -0.4 is 10.6 Å². The van der Waals surface area contributed by atoms with Crippen molar-refractivity contribution in [2.45, 2.75) is 51.1 Å². The number of nitrogens with zero attached hydrogens (tertiary/aromatic N) is 1. The van der Waals surface area contributed by atoms with Gasteiger partial charge in [-0.15, -0.1) is 0 Å². The van der Waals surface area contributed by atoms with Crippen LogP contribution >= 0.6 is 0 Å². The first-order valence-corrected chi connectivity index (χ1v) is 7.36. The third kappa shape index (κ3) is 3.95. The molecule has 1 saturated carbocycles. The maximum Gasteiger partial charge on any atom is 0.233 e. The van der Waals surface area contributed by atoms with Gasteiger partial charge < -0.3 is 10.6 Å². The molecule has 0 radical (unpaired) electrons. The van der Waals surface area contributed by atoms with Crippen molar-refractivity contribution >= 4 is 5.91 Å². The van der Waals surface area contributed by atoms with Crippen LogP contribution in [0.5, 0.6) is 0 Å². The van der Waals surface area contributed by atoms with Gasteiger partial charge in [0.15, 0.2) is 0 Å². The average molecular weight is 253 g/mol. The lowest BCUT2D eigenvalue weighted by Crippen LogP contribution is -2.47. The van der Waals surface area contributed by atoms with Gasteiger partial charge in [0.25, 0.3) is 0 Å². The fourth-order valence-electron chi connectivity index (χ4n) is 3.23. The van der Waals surface area contributed by atoms with Gasteiger partial charge in [-0.25, -0.2) is 0 Å². The van der Waals surface area contributed by atoms with E-state index in [1.807, 2.05) is 0 Å². The van der Waals surface area contributed by atoms with Gasteiger partial charge in [0, 0.05) is 32.2 Å². The molecule has 2 N–H and O–H groups in total. The summed E-state index contributed by atoms with van der Waals surface area (Å²) < 4.78 is 0. The van der Waals surface area contributed by atoms with Crippen LogP contribution in [0.4, 0.5) is 0 Å². The van der Waals surface area contributed by atoms with Crippen molar-refractivity contribution in [2.24, 2.45) is 5.92 Å². The molecule has 2 aliphatic rings. The quantitative estimate of drug-likeness (QED) is 0.785. The smallest absolute Gasteiger partial charge is 0.233 e. The maximum atomic E-state index is 11.3. The standard InChI is InChI=1S/C14H27N3O/c1-11-3-4-13(9-11)16-12-5-7-17(8-6-12)10-14(18)15-2/h11-13,16H,3-10H2,1-2H3,(H,15,18). The predicted molar refractivity (Wildman–Crippen MR) is 73.5 cm³/mol. The van der Waals surface area contributed by atoms with Gasteiger partial charge >= 0.3 is 0 Å². The Hall–Kier alpha value is -0.610. The van der Waals surface area contributed by atoms with E-state index in [2.05, 4.69) is 22.5 Å². The number of piperidine rings is 1. The lowest BCUT2D eigenvalue weighted by Gasteiger charge is -2.33. The highest BCUT2D eigenvalue weighted by atomic mass is 16.1. The molecule has 1 heterocycles. The van der Waals surface area contributed by atoms with Crippen molar-refractivity contribution in [3.8, 4) is 0 Å². The van der Waals surface area contributed by atoms with Gasteiger partial charge in [-0.1, -0.05) is 6.92 Å². The van der Waals surface area contributed by atoms with Crippen LogP contribution in [0.1, 0.15) is 39.0 Å². The van der Waals surface area contributed by atoms with Crippen molar-refractivity contribution in [1.82, 2.24) is 15.5 Å². The number of likely N-dealkylation sites (N-methyl/N-ethyl adjacent to an activating group) is 1. The van der Waals surface area contributed by atoms with Crippen LogP contribution in [0.3, 0.4) is 0 Å². The van der Waals surface area contributed by atoms with Crippen LogP contribution in [-0.4, -0.2) is 49.6 Å². The molecular formula is C14H27N3O. The second-order valence-electron chi connectivity index (χ2n) is 6.01. The van der Waals surface area contributed by atoms with E-state index in [4.69, 9.17) is 0 Å². The molecule has 1 aliphatic carbocycles. The summed E-state index contributed by atoms with van der Waals surface area (Å²) >= 11 is 0. The Morgan fingerprint density at radius 3 is 2.44 bits per heavy atom. The number of nitrogens with one attached hydrogen (secondary N) is 2. The number of carbonyl (C=O) groups is 1. The highest BCUT2D eigenvalue weighted by molar-refractivity contribution is 5.77. The zero-order valence-corrected chi connectivity index (χ0v) is 11.7. The lowest BCUT2D eigenvalue weighted by molar-refractivity contribution is -0.122. The SMILES string of the molecule is CNC(=O)CN1CCC(NC2CCC(C)C2)CC1. The minimum absolute atomic E-state index is 0.131. The summed E-state index contributed by atoms with van der Waals surface area (Å²) in [5.74, 6) is 1.03. The number of hydrogen-bond acceptors (Lipinski definition) is 3. The molecule has 0 aromatic rings. The number of carbonyl (C=O) groups excluding carboxylic acids is 1. The van der Waals surface area contributed by atoms with Crippen LogP contribution in [0.2, 0.25) is 0 Å². The van der Waals surface area contributed by atoms with Crippen molar-refractivity contribution in [3.63, 3.8) is 0 Å². The Labute approximate surface area is 110 Å². The average Bonchev–Trinajstić information content (AvgIpc) is 2.77. The van der Waals surface area contributed by atoms with Gasteiger partial charge in [0.1, 0.15) is 0 Å². The Bertz CT molecular complexity index is 274. The Balaban J connectivity index is 1.65. The molecule has 0 bridgehead atoms. The third-order valence-electron chi connectivity index (χ3n) is 4.40. The van der Waals surface area contributed by atoms with E-state index in [9.17, 15) is 4.79 Å². The number of likely N-dealkylation sites (tertiary alicyclic amines) is 1. The van der Waals surface area contributed by atoms with E-state index >= 15 is 0 Å². The molecule has 2 unspecified atom stereocenters. The Morgan fingerprint density at radius 1 is 1.17 bits per heavy atom. The van der Waals surface area contributed by atoms with E-state index in [0.717, 1.165) is 25.0 Å². The summed E-state index contributed by atoms with van der Waals surface area (Å²) in [7, 11) is 1.71. The largest absolute Gasteiger partial charge is 0.358 e. The summed E-state index contributed by atoms with van der Waals surface area (Å²) in [4.78, 5) is 13.6. The summed E-state index contributed by atoms with van der Waals surface area (Å²) in [5.41, 5.74) is 0. The van der Waals surface area contributed by atoms with E-state index in [1.165, 1.54) is 32.1 Å². The first-order valence-electron chi connectivity index (χ1n) is 7.36. The Morgan fingerprint density at radius 2 is 1.89 bits per heavy atom. The first kappa shape index (κ1) is 13.8. The van der Waals surface area contributed by atoms with Gasteiger partial charge in [-0.05, 0) is 38.0 Å². The zero-order valence-electron chi connectivity index (χ0n) is 11.7. The van der Waals surface area contributed by atoms with Crippen molar-refractivity contribution in [2.75, 3.05) is 26.7 Å². The molecule has 2 fully saturated rings. The van der Waals surface area contributed by atoms with E-state index in [-0.39, 0.29) is 5.91 Å². The second kappa shape index (κ2) is 6.53. The normalized spacial score (nSPS) is 30.6. The molecule has 0 spiro atoms. The molecule has 0 aromatic heterocycles. The van der Waals surface area contributed by atoms with Gasteiger partial charge in [0.2, 0.25) is 5.91 Å². The van der Waals surface area contributed by atoms with Crippen LogP contribution in [0, 0.1) is 5.92 Å². The van der Waals surface area contributed by atoms with E-state index < -0.39 is 0 Å². The highest BCUT2D eigenvalue weighted by Crippen LogP contribution is 2.25. The van der Waals surface area contributed by atoms with E-state index in [0.29, 0.717) is 12.6 Å². The van der Waals surface area contributed by atoms with Crippen LogP contribution in [0.15, 0.2) is 0 Å². The summed E-state index contributed by atoms with van der Waals surface area (Å²) in [5, 5.41) is 6.50. The van der Waals surface area contributed by atoms with Gasteiger partial charge in [0.05, 0.1) is 6.54 Å². The van der Waals surface area contributed by atoms with E-state index in [1.54, 1.807) is 7.05 Å². The second-order valence-corrected chi connectivity index (χ2v) is 6.01. The maximum absolute atomic E-state index is 11.3. The molecule has 1 aliphatic heterocycles. The molecule has 2 atom stereocenters. The Kier molecular flexibility index (Phi) is 5.01. The summed E-state index contributed by atoms with van der Waals surface area (Å²) in [6.07, 6.45) is 6.44. The summed E-state index contributed by atoms with van der Waals surface area (Å²) in [6.45, 7) is 5.01. The number of hydrogen-bond donors (Lipinski definition) is 2. The zero-order chi connectivity index (χ0) is 13.0. The number of amides is 1. The fourth-order valence-corrected chi connectivity index (χ4v) is 3.23. The number of rotatable bonds is 4. The first-order chi connectivity index (χ1) is 8.67. The molecule has 1 amide bonds. The van der Waals surface area contributed by atoms with Crippen molar-refractivity contribution < 1.29 is 4.79 Å². The molecule has 18 heavy (non-hydrogen) atoms. The van der Waals surface area contributed by atoms with Gasteiger partial charge in [-0.2, -0.15) is 0 Å². The molecule has 4 heteroatoms. The molecule has 2 rings (SSSR count). The molecule has 4 nitrogen and oxygen atoms in total. The van der Waals surface area contributed by atoms with Gasteiger partial charge in [-0.3, -0.25) is 9.69 Å². The fraction of sp³-hybridized carbons (Fsp3) is 0.929. The van der Waals surface area contributed by atoms with Crippen molar-refractivity contribution in [1.29, 1.82) is 0 Å². The molecular weight excluding hydrogens is 226 g/mol.